The number of nitrogens with zero attached hydrogens (tertiary/aromatic N) is 1. The van der Waals surface area contributed by atoms with Crippen LogP contribution in [-0.4, -0.2) is 35.5 Å². The fraction of sp³-hybridized carbons (Fsp3) is 0.667. The van der Waals surface area contributed by atoms with Crippen LogP contribution in [0.1, 0.15) is 40.4 Å². The minimum absolute atomic E-state index is 0.0505. The number of aromatic nitrogens is 1. The maximum atomic E-state index is 11.8. The Bertz CT molecular complexity index is 550. The van der Waals surface area contributed by atoms with Crippen LogP contribution in [0.25, 0.3) is 0 Å². The van der Waals surface area contributed by atoms with E-state index in [9.17, 15) is 9.59 Å². The summed E-state index contributed by atoms with van der Waals surface area (Å²) in [7, 11) is 0. The molecule has 9 nitrogen and oxygen atoms in total. The van der Waals surface area contributed by atoms with Crippen molar-refractivity contribution in [2.24, 2.45) is 5.92 Å². The van der Waals surface area contributed by atoms with Gasteiger partial charge in [-0.3, -0.25) is 10.2 Å². The first-order valence-electron chi connectivity index (χ1n) is 7.69. The normalized spacial score (nSPS) is 12.6. The molecule has 0 spiro atoms. The summed E-state index contributed by atoms with van der Waals surface area (Å²) in [6.07, 6.45) is -1.11. The van der Waals surface area contributed by atoms with E-state index in [-0.39, 0.29) is 12.5 Å². The van der Waals surface area contributed by atoms with Gasteiger partial charge in [0, 0.05) is 12.6 Å². The molecule has 0 bridgehead atoms. The first-order valence-corrected chi connectivity index (χ1v) is 7.69. The SMILES string of the molecule is Cc1cc(NC(=O)NCC(ONC(=O)OC(C)(C)C)C(C)C)no1. The molecule has 0 saturated carbocycles. The Balaban J connectivity index is 2.40. The van der Waals surface area contributed by atoms with Crippen LogP contribution in [0.2, 0.25) is 0 Å². The lowest BCUT2D eigenvalue weighted by molar-refractivity contribution is -0.0557. The third-order valence-electron chi connectivity index (χ3n) is 2.77. The summed E-state index contributed by atoms with van der Waals surface area (Å²) in [6.45, 7) is 11.0. The molecule has 9 heteroatoms. The second-order valence-electron chi connectivity index (χ2n) is 6.66. The zero-order chi connectivity index (χ0) is 18.3. The first kappa shape index (κ1) is 19.8. The van der Waals surface area contributed by atoms with Gasteiger partial charge in [-0.15, -0.1) is 0 Å². The topological polar surface area (TPSA) is 115 Å². The zero-order valence-electron chi connectivity index (χ0n) is 14.9. The van der Waals surface area contributed by atoms with Gasteiger partial charge in [-0.1, -0.05) is 19.0 Å². The summed E-state index contributed by atoms with van der Waals surface area (Å²) in [6, 6.07) is 1.15. The van der Waals surface area contributed by atoms with Crippen molar-refractivity contribution in [3.8, 4) is 0 Å². The molecule has 3 amide bonds. The summed E-state index contributed by atoms with van der Waals surface area (Å²) in [5.74, 6) is 0.962. The van der Waals surface area contributed by atoms with Gasteiger partial charge >= 0.3 is 12.1 Å². The number of amides is 3. The van der Waals surface area contributed by atoms with Gasteiger partial charge in [0.2, 0.25) is 0 Å². The molecule has 1 aromatic heterocycles. The molecular formula is C15H26N4O5. The summed E-state index contributed by atoms with van der Waals surface area (Å²) in [5.41, 5.74) is 1.62. The van der Waals surface area contributed by atoms with Crippen LogP contribution < -0.4 is 16.1 Å². The number of anilines is 1. The third-order valence-corrected chi connectivity index (χ3v) is 2.77. The number of rotatable bonds is 6. The standard InChI is InChI=1S/C15H26N4O5/c1-9(2)11(24-19-14(21)22-15(4,5)6)8-16-13(20)17-12-7-10(3)23-18-12/h7,9,11H,8H2,1-6H3,(H,19,21)(H2,16,17,18,20). The maximum Gasteiger partial charge on any atom is 0.431 e. The predicted octanol–water partition coefficient (Wildman–Crippen LogP) is 2.59. The molecule has 1 aromatic rings. The van der Waals surface area contributed by atoms with Crippen molar-refractivity contribution < 1.29 is 23.7 Å². The lowest BCUT2D eigenvalue weighted by Gasteiger charge is -2.23. The van der Waals surface area contributed by atoms with Crippen molar-refractivity contribution in [2.45, 2.75) is 53.2 Å². The largest absolute Gasteiger partial charge is 0.442 e. The van der Waals surface area contributed by atoms with Gasteiger partial charge < -0.3 is 14.6 Å². The average Bonchev–Trinajstić information content (AvgIpc) is 2.81. The summed E-state index contributed by atoms with van der Waals surface area (Å²) >= 11 is 0. The van der Waals surface area contributed by atoms with Gasteiger partial charge in [0.15, 0.2) is 5.82 Å². The minimum Gasteiger partial charge on any atom is -0.442 e. The molecule has 1 heterocycles. The quantitative estimate of drug-likeness (QED) is 0.685. The van der Waals surface area contributed by atoms with Crippen molar-refractivity contribution in [1.82, 2.24) is 16.0 Å². The Morgan fingerprint density at radius 3 is 2.50 bits per heavy atom. The van der Waals surface area contributed by atoms with Gasteiger partial charge in [-0.2, -0.15) is 5.48 Å². The summed E-state index contributed by atoms with van der Waals surface area (Å²) < 4.78 is 9.94. The van der Waals surface area contributed by atoms with Gasteiger partial charge in [0.05, 0.1) is 0 Å². The number of hydroxylamine groups is 1. The second-order valence-corrected chi connectivity index (χ2v) is 6.66. The average molecular weight is 342 g/mol. The Morgan fingerprint density at radius 2 is 2.00 bits per heavy atom. The number of hydrogen-bond donors (Lipinski definition) is 3. The van der Waals surface area contributed by atoms with Crippen molar-refractivity contribution >= 4 is 17.9 Å². The Hall–Kier alpha value is -2.29. The summed E-state index contributed by atoms with van der Waals surface area (Å²) in [4.78, 5) is 28.7. The van der Waals surface area contributed by atoms with Crippen molar-refractivity contribution in [1.29, 1.82) is 0 Å². The molecule has 1 unspecified atom stereocenters. The van der Waals surface area contributed by atoms with Gasteiger partial charge in [-0.05, 0) is 33.6 Å². The fourth-order valence-corrected chi connectivity index (χ4v) is 1.62. The highest BCUT2D eigenvalue weighted by atomic mass is 16.7. The van der Waals surface area contributed by atoms with Crippen LogP contribution in [-0.2, 0) is 9.57 Å². The molecule has 0 fully saturated rings. The van der Waals surface area contributed by atoms with E-state index in [2.05, 4.69) is 21.3 Å². The molecule has 24 heavy (non-hydrogen) atoms. The molecular weight excluding hydrogens is 316 g/mol. The van der Waals surface area contributed by atoms with Gasteiger partial charge in [0.1, 0.15) is 17.5 Å². The van der Waals surface area contributed by atoms with Crippen LogP contribution >= 0.6 is 0 Å². The number of hydrogen-bond acceptors (Lipinski definition) is 6. The molecule has 0 aliphatic heterocycles. The minimum atomic E-state index is -0.685. The number of carbonyl (C=O) groups excluding carboxylic acids is 2. The van der Waals surface area contributed by atoms with Crippen LogP contribution in [0.5, 0.6) is 0 Å². The maximum absolute atomic E-state index is 11.8. The molecule has 3 N–H and O–H groups in total. The van der Waals surface area contributed by atoms with Crippen molar-refractivity contribution in [3.63, 3.8) is 0 Å². The molecule has 0 aliphatic rings. The first-order chi connectivity index (χ1) is 11.1. The van der Waals surface area contributed by atoms with E-state index in [1.54, 1.807) is 33.8 Å². The van der Waals surface area contributed by atoms with Crippen LogP contribution in [0.3, 0.4) is 0 Å². The Morgan fingerprint density at radius 1 is 1.33 bits per heavy atom. The fourth-order valence-electron chi connectivity index (χ4n) is 1.62. The lowest BCUT2D eigenvalue weighted by Crippen LogP contribution is -2.43. The van der Waals surface area contributed by atoms with Crippen molar-refractivity contribution in [2.75, 3.05) is 11.9 Å². The van der Waals surface area contributed by atoms with Crippen LogP contribution in [0, 0.1) is 12.8 Å². The molecule has 1 atom stereocenters. The molecule has 136 valence electrons. The van der Waals surface area contributed by atoms with Crippen LogP contribution in [0.4, 0.5) is 15.4 Å². The van der Waals surface area contributed by atoms with Gasteiger partial charge in [-0.25, -0.2) is 9.59 Å². The predicted molar refractivity (Wildman–Crippen MR) is 87.3 cm³/mol. The molecule has 0 aliphatic carbocycles. The molecule has 0 radical (unpaired) electrons. The number of ether oxygens (including phenoxy) is 1. The lowest BCUT2D eigenvalue weighted by atomic mass is 10.1. The number of carbonyl (C=O) groups is 2. The highest BCUT2D eigenvalue weighted by Crippen LogP contribution is 2.09. The molecule has 1 rings (SSSR count). The number of aryl methyl sites for hydroxylation is 1. The number of nitrogens with one attached hydrogen (secondary N) is 3. The van der Waals surface area contributed by atoms with E-state index in [0.717, 1.165) is 0 Å². The third kappa shape index (κ3) is 7.82. The second kappa shape index (κ2) is 8.53. The zero-order valence-corrected chi connectivity index (χ0v) is 14.9. The Kier molecular flexibility index (Phi) is 7.02. The highest BCUT2D eigenvalue weighted by molar-refractivity contribution is 5.88. The van der Waals surface area contributed by atoms with E-state index >= 15 is 0 Å². The summed E-state index contributed by atoms with van der Waals surface area (Å²) in [5, 5.41) is 8.84. The van der Waals surface area contributed by atoms with E-state index in [0.29, 0.717) is 11.6 Å². The van der Waals surface area contributed by atoms with E-state index in [4.69, 9.17) is 14.1 Å². The smallest absolute Gasteiger partial charge is 0.431 e. The van der Waals surface area contributed by atoms with E-state index in [1.807, 2.05) is 13.8 Å². The number of urea groups is 1. The van der Waals surface area contributed by atoms with Crippen molar-refractivity contribution in [3.05, 3.63) is 11.8 Å². The monoisotopic (exact) mass is 342 g/mol. The van der Waals surface area contributed by atoms with E-state index in [1.165, 1.54) is 0 Å². The molecule has 0 saturated heterocycles. The van der Waals surface area contributed by atoms with E-state index < -0.39 is 23.8 Å². The highest BCUT2D eigenvalue weighted by Gasteiger charge is 2.20. The van der Waals surface area contributed by atoms with Gasteiger partial charge in [0.25, 0.3) is 0 Å². The Labute approximate surface area is 141 Å². The van der Waals surface area contributed by atoms with Crippen LogP contribution in [0.15, 0.2) is 10.6 Å². The molecule has 0 aromatic carbocycles.